The summed E-state index contributed by atoms with van der Waals surface area (Å²) in [6.07, 6.45) is 0. The van der Waals surface area contributed by atoms with Crippen LogP contribution in [-0.4, -0.2) is 22.1 Å². The molecule has 1 aromatic carbocycles. The van der Waals surface area contributed by atoms with Gasteiger partial charge in [0, 0.05) is 17.7 Å². The van der Waals surface area contributed by atoms with E-state index in [9.17, 15) is 4.79 Å². The first-order valence-corrected chi connectivity index (χ1v) is 6.44. The number of hydrogen-bond donors (Lipinski definition) is 1. The summed E-state index contributed by atoms with van der Waals surface area (Å²) >= 11 is 0. The Labute approximate surface area is 121 Å². The number of methoxy groups -OCH3 is 1. The lowest BCUT2D eigenvalue weighted by Crippen LogP contribution is -2.09. The highest BCUT2D eigenvalue weighted by Crippen LogP contribution is 2.19. The second-order valence-corrected chi connectivity index (χ2v) is 4.41. The Morgan fingerprint density at radius 1 is 0.952 bits per heavy atom. The molecule has 0 aliphatic heterocycles. The first-order chi connectivity index (χ1) is 10.3. The molecule has 0 fully saturated rings. The van der Waals surface area contributed by atoms with Crippen molar-refractivity contribution in [2.75, 3.05) is 7.11 Å². The van der Waals surface area contributed by atoms with Gasteiger partial charge in [-0.3, -0.25) is 4.79 Å². The first kappa shape index (κ1) is 13.1. The van der Waals surface area contributed by atoms with Gasteiger partial charge < -0.3 is 9.72 Å². The zero-order chi connectivity index (χ0) is 14.7. The van der Waals surface area contributed by atoms with E-state index in [0.29, 0.717) is 23.1 Å². The lowest BCUT2D eigenvalue weighted by atomic mass is 10.1. The summed E-state index contributed by atoms with van der Waals surface area (Å²) in [5.41, 5.74) is 1.83. The van der Waals surface area contributed by atoms with Crippen molar-refractivity contribution in [2.24, 2.45) is 0 Å². The third kappa shape index (κ3) is 2.81. The van der Waals surface area contributed by atoms with Gasteiger partial charge >= 0.3 is 0 Å². The Balaban J connectivity index is 2.12. The number of nitrogens with one attached hydrogen (secondary N) is 1. The van der Waals surface area contributed by atoms with Gasteiger partial charge in [0.05, 0.1) is 12.8 Å². The predicted molar refractivity (Wildman–Crippen MR) is 80.1 cm³/mol. The minimum atomic E-state index is -0.219. The fraction of sp³-hybridized carbons (Fsp3) is 0.0625. The summed E-state index contributed by atoms with van der Waals surface area (Å²) in [5, 5.41) is 0. The summed E-state index contributed by atoms with van der Waals surface area (Å²) in [7, 11) is 1.54. The molecule has 0 spiro atoms. The Morgan fingerprint density at radius 3 is 2.52 bits per heavy atom. The molecule has 0 aliphatic rings. The quantitative estimate of drug-likeness (QED) is 0.800. The third-order valence-corrected chi connectivity index (χ3v) is 2.99. The van der Waals surface area contributed by atoms with Gasteiger partial charge in [0.2, 0.25) is 5.88 Å². The summed E-state index contributed by atoms with van der Waals surface area (Å²) in [6, 6.07) is 16.3. The smallest absolute Gasteiger partial charge is 0.251 e. The number of aromatic nitrogens is 3. The molecule has 2 heterocycles. The van der Waals surface area contributed by atoms with Crippen LogP contribution in [0.1, 0.15) is 0 Å². The average molecular weight is 279 g/mol. The molecule has 1 N–H and O–H groups in total. The maximum atomic E-state index is 11.9. The van der Waals surface area contributed by atoms with Crippen LogP contribution in [0, 0.1) is 0 Å². The summed E-state index contributed by atoms with van der Waals surface area (Å²) in [6.45, 7) is 0. The van der Waals surface area contributed by atoms with Crippen LogP contribution >= 0.6 is 0 Å². The Kier molecular flexibility index (Phi) is 3.47. The third-order valence-electron chi connectivity index (χ3n) is 2.99. The summed E-state index contributed by atoms with van der Waals surface area (Å²) < 4.78 is 5.09. The van der Waals surface area contributed by atoms with Crippen LogP contribution in [0.5, 0.6) is 5.88 Å². The minimum absolute atomic E-state index is 0.219. The van der Waals surface area contributed by atoms with Crippen molar-refractivity contribution >= 4 is 0 Å². The molecule has 5 nitrogen and oxygen atoms in total. The van der Waals surface area contributed by atoms with Crippen molar-refractivity contribution in [3.63, 3.8) is 0 Å². The monoisotopic (exact) mass is 279 g/mol. The van der Waals surface area contributed by atoms with Crippen LogP contribution in [0.2, 0.25) is 0 Å². The van der Waals surface area contributed by atoms with Crippen molar-refractivity contribution in [2.45, 2.75) is 0 Å². The molecule has 0 atom stereocenters. The molecule has 21 heavy (non-hydrogen) atoms. The molecule has 0 saturated heterocycles. The van der Waals surface area contributed by atoms with Crippen molar-refractivity contribution < 1.29 is 4.74 Å². The van der Waals surface area contributed by atoms with Gasteiger partial charge in [0.1, 0.15) is 5.69 Å². The fourth-order valence-electron chi connectivity index (χ4n) is 2.00. The van der Waals surface area contributed by atoms with Crippen LogP contribution < -0.4 is 10.3 Å². The van der Waals surface area contributed by atoms with E-state index in [0.717, 1.165) is 5.56 Å². The number of nitrogens with zero attached hydrogens (tertiary/aromatic N) is 2. The van der Waals surface area contributed by atoms with Gasteiger partial charge in [0.25, 0.3) is 5.56 Å². The summed E-state index contributed by atoms with van der Waals surface area (Å²) in [4.78, 5) is 23.3. The molecule has 0 saturated carbocycles. The Hall–Kier alpha value is -2.95. The van der Waals surface area contributed by atoms with Crippen molar-refractivity contribution in [1.29, 1.82) is 0 Å². The predicted octanol–water partition coefficient (Wildman–Crippen LogP) is 2.51. The number of hydrogen-bond acceptors (Lipinski definition) is 4. The van der Waals surface area contributed by atoms with E-state index in [-0.39, 0.29) is 5.56 Å². The highest BCUT2D eigenvalue weighted by Gasteiger charge is 2.07. The standard InChI is InChI=1S/C16H13N3O2/c1-21-15-9-5-8-12(17-15)16-18-13(10-14(20)19-16)11-6-3-2-4-7-11/h2-10H,1H3,(H,18,19,20). The number of ether oxygens (including phenoxy) is 1. The lowest BCUT2D eigenvalue weighted by molar-refractivity contribution is 0.398. The van der Waals surface area contributed by atoms with E-state index >= 15 is 0 Å². The van der Waals surface area contributed by atoms with Gasteiger partial charge in [-0.25, -0.2) is 9.97 Å². The topological polar surface area (TPSA) is 67.9 Å². The summed E-state index contributed by atoms with van der Waals surface area (Å²) in [5.74, 6) is 0.889. The van der Waals surface area contributed by atoms with E-state index in [1.54, 1.807) is 25.3 Å². The molecule has 0 bridgehead atoms. The fourth-order valence-corrected chi connectivity index (χ4v) is 2.00. The second-order valence-electron chi connectivity index (χ2n) is 4.41. The largest absolute Gasteiger partial charge is 0.481 e. The number of benzene rings is 1. The normalized spacial score (nSPS) is 10.3. The lowest BCUT2D eigenvalue weighted by Gasteiger charge is -2.05. The highest BCUT2D eigenvalue weighted by atomic mass is 16.5. The van der Waals surface area contributed by atoms with Gasteiger partial charge in [-0.15, -0.1) is 0 Å². The highest BCUT2D eigenvalue weighted by molar-refractivity contribution is 5.61. The SMILES string of the molecule is COc1cccc(-c2nc(-c3ccccc3)cc(=O)[nH]2)n1. The van der Waals surface area contributed by atoms with Crippen LogP contribution in [0.15, 0.2) is 59.4 Å². The zero-order valence-corrected chi connectivity index (χ0v) is 11.4. The molecular formula is C16H13N3O2. The molecule has 0 unspecified atom stereocenters. The van der Waals surface area contributed by atoms with Crippen LogP contribution in [0.4, 0.5) is 0 Å². The number of pyridine rings is 1. The Morgan fingerprint density at radius 2 is 1.76 bits per heavy atom. The van der Waals surface area contributed by atoms with Crippen LogP contribution in [0.25, 0.3) is 22.8 Å². The molecular weight excluding hydrogens is 266 g/mol. The zero-order valence-electron chi connectivity index (χ0n) is 11.4. The maximum Gasteiger partial charge on any atom is 0.251 e. The van der Waals surface area contributed by atoms with Gasteiger partial charge in [-0.1, -0.05) is 36.4 Å². The van der Waals surface area contributed by atoms with E-state index in [2.05, 4.69) is 15.0 Å². The van der Waals surface area contributed by atoms with Gasteiger partial charge in [0.15, 0.2) is 5.82 Å². The van der Waals surface area contributed by atoms with Crippen LogP contribution in [-0.2, 0) is 0 Å². The van der Waals surface area contributed by atoms with E-state index in [4.69, 9.17) is 4.74 Å². The number of H-pyrrole nitrogens is 1. The average Bonchev–Trinajstić information content (AvgIpc) is 2.55. The molecule has 3 rings (SSSR count). The number of rotatable bonds is 3. The van der Waals surface area contributed by atoms with Gasteiger partial charge in [-0.2, -0.15) is 0 Å². The van der Waals surface area contributed by atoms with Crippen molar-refractivity contribution in [3.8, 4) is 28.7 Å². The first-order valence-electron chi connectivity index (χ1n) is 6.44. The molecule has 2 aromatic heterocycles. The van der Waals surface area contributed by atoms with Gasteiger partial charge in [-0.05, 0) is 6.07 Å². The molecule has 0 radical (unpaired) electrons. The van der Waals surface area contributed by atoms with E-state index in [1.165, 1.54) is 6.07 Å². The van der Waals surface area contributed by atoms with Crippen molar-refractivity contribution in [3.05, 3.63) is 65.0 Å². The Bertz CT molecular complexity index is 813. The molecule has 104 valence electrons. The van der Waals surface area contributed by atoms with E-state index < -0.39 is 0 Å². The van der Waals surface area contributed by atoms with Crippen LogP contribution in [0.3, 0.4) is 0 Å². The van der Waals surface area contributed by atoms with E-state index in [1.807, 2.05) is 30.3 Å². The number of aromatic amines is 1. The maximum absolute atomic E-state index is 11.9. The molecule has 0 aliphatic carbocycles. The second kappa shape index (κ2) is 5.58. The molecule has 0 amide bonds. The molecule has 5 heteroatoms. The molecule has 3 aromatic rings. The van der Waals surface area contributed by atoms with Crippen molar-refractivity contribution in [1.82, 2.24) is 15.0 Å². The minimum Gasteiger partial charge on any atom is -0.481 e.